The summed E-state index contributed by atoms with van der Waals surface area (Å²) < 4.78 is 5.23. The van der Waals surface area contributed by atoms with E-state index in [1.54, 1.807) is 7.11 Å². The van der Waals surface area contributed by atoms with Gasteiger partial charge in [-0.1, -0.05) is 44.7 Å². The van der Waals surface area contributed by atoms with Crippen molar-refractivity contribution in [3.8, 4) is 5.75 Å². The molecule has 0 radical (unpaired) electrons. The summed E-state index contributed by atoms with van der Waals surface area (Å²) >= 11 is 0. The third-order valence-corrected chi connectivity index (χ3v) is 4.65. The first kappa shape index (κ1) is 14.4. The van der Waals surface area contributed by atoms with E-state index in [1.807, 2.05) is 0 Å². The Hall–Kier alpha value is -0.980. The number of ether oxygens (including phenoxy) is 1. The summed E-state index contributed by atoms with van der Waals surface area (Å²) in [5.74, 6) is 2.76. The molecular weight excluding hydrogens is 232 g/mol. The van der Waals surface area contributed by atoms with Crippen LogP contribution < -0.4 is 4.74 Å². The maximum Gasteiger partial charge on any atom is 0.118 e. The molecule has 1 nitrogen and oxygen atoms in total. The lowest BCUT2D eigenvalue weighted by atomic mass is 9.77. The van der Waals surface area contributed by atoms with Crippen LogP contribution in [0.1, 0.15) is 69.8 Å². The van der Waals surface area contributed by atoms with Gasteiger partial charge in [-0.25, -0.2) is 0 Å². The predicted molar refractivity (Wildman–Crippen MR) is 81.8 cm³/mol. The fourth-order valence-corrected chi connectivity index (χ4v) is 3.34. The monoisotopic (exact) mass is 260 g/mol. The standard InChI is InChI=1S/C18H28O/c1-3-4-5-6-15-7-9-16(10-8-15)17-11-13-18(19-2)14-12-17/h11-16H,3-10H2,1-2H3/t15-,16-. The van der Waals surface area contributed by atoms with E-state index in [-0.39, 0.29) is 0 Å². The molecule has 0 aliphatic heterocycles. The van der Waals surface area contributed by atoms with Crippen LogP contribution in [-0.2, 0) is 0 Å². The summed E-state index contributed by atoms with van der Waals surface area (Å²) in [5, 5.41) is 0. The normalized spacial score (nSPS) is 23.3. The van der Waals surface area contributed by atoms with Gasteiger partial charge in [0, 0.05) is 0 Å². The van der Waals surface area contributed by atoms with Crippen LogP contribution in [0.5, 0.6) is 5.75 Å². The molecule has 0 saturated heterocycles. The maximum atomic E-state index is 5.23. The summed E-state index contributed by atoms with van der Waals surface area (Å²) in [5.41, 5.74) is 1.51. The third-order valence-electron chi connectivity index (χ3n) is 4.65. The van der Waals surface area contributed by atoms with Crippen LogP contribution in [0.2, 0.25) is 0 Å². The Morgan fingerprint density at radius 2 is 1.68 bits per heavy atom. The summed E-state index contributed by atoms with van der Waals surface area (Å²) in [6.07, 6.45) is 11.3. The summed E-state index contributed by atoms with van der Waals surface area (Å²) in [6, 6.07) is 8.70. The minimum absolute atomic E-state index is 0.785. The van der Waals surface area contributed by atoms with Gasteiger partial charge in [0.25, 0.3) is 0 Å². The molecule has 0 unspecified atom stereocenters. The number of rotatable bonds is 6. The smallest absolute Gasteiger partial charge is 0.118 e. The van der Waals surface area contributed by atoms with Crippen LogP contribution in [0.25, 0.3) is 0 Å². The summed E-state index contributed by atoms with van der Waals surface area (Å²) in [6.45, 7) is 2.29. The van der Waals surface area contributed by atoms with E-state index in [9.17, 15) is 0 Å². The Morgan fingerprint density at radius 3 is 2.26 bits per heavy atom. The van der Waals surface area contributed by atoms with Crippen molar-refractivity contribution in [1.29, 1.82) is 0 Å². The number of benzene rings is 1. The van der Waals surface area contributed by atoms with Crippen LogP contribution in [0.15, 0.2) is 24.3 Å². The predicted octanol–water partition coefficient (Wildman–Crippen LogP) is 5.55. The molecule has 1 heteroatoms. The Bertz CT molecular complexity index is 346. The van der Waals surface area contributed by atoms with E-state index in [2.05, 4.69) is 31.2 Å². The molecule has 0 amide bonds. The van der Waals surface area contributed by atoms with Crippen LogP contribution in [0.4, 0.5) is 0 Å². The van der Waals surface area contributed by atoms with Crippen molar-refractivity contribution >= 4 is 0 Å². The molecule has 1 aromatic rings. The molecule has 0 atom stereocenters. The van der Waals surface area contributed by atoms with Crippen molar-refractivity contribution in [2.75, 3.05) is 7.11 Å². The molecule has 1 aliphatic carbocycles. The fourth-order valence-electron chi connectivity index (χ4n) is 3.34. The minimum Gasteiger partial charge on any atom is -0.497 e. The Kier molecular flexibility index (Phi) is 5.75. The molecule has 0 spiro atoms. The summed E-state index contributed by atoms with van der Waals surface area (Å²) in [7, 11) is 1.73. The van der Waals surface area contributed by atoms with Gasteiger partial charge in [-0.05, 0) is 55.2 Å². The van der Waals surface area contributed by atoms with Gasteiger partial charge in [-0.3, -0.25) is 0 Å². The topological polar surface area (TPSA) is 9.23 Å². The second kappa shape index (κ2) is 7.57. The summed E-state index contributed by atoms with van der Waals surface area (Å²) in [4.78, 5) is 0. The maximum absolute atomic E-state index is 5.23. The molecule has 19 heavy (non-hydrogen) atoms. The molecule has 1 aromatic carbocycles. The van der Waals surface area contributed by atoms with E-state index >= 15 is 0 Å². The van der Waals surface area contributed by atoms with E-state index in [4.69, 9.17) is 4.74 Å². The van der Waals surface area contributed by atoms with Gasteiger partial charge in [0.15, 0.2) is 0 Å². The van der Waals surface area contributed by atoms with E-state index in [1.165, 1.54) is 56.9 Å². The average molecular weight is 260 g/mol. The molecule has 0 bridgehead atoms. The Morgan fingerprint density at radius 1 is 1.00 bits per heavy atom. The Balaban J connectivity index is 1.78. The van der Waals surface area contributed by atoms with Crippen molar-refractivity contribution < 1.29 is 4.74 Å². The zero-order chi connectivity index (χ0) is 13.5. The van der Waals surface area contributed by atoms with Gasteiger partial charge in [0.2, 0.25) is 0 Å². The van der Waals surface area contributed by atoms with Gasteiger partial charge in [0.05, 0.1) is 7.11 Å². The Labute approximate surface area is 118 Å². The third kappa shape index (κ3) is 4.26. The lowest BCUT2D eigenvalue weighted by Crippen LogP contribution is -2.13. The lowest BCUT2D eigenvalue weighted by molar-refractivity contribution is 0.302. The van der Waals surface area contributed by atoms with Crippen molar-refractivity contribution in [2.45, 2.75) is 64.2 Å². The molecular formula is C18H28O. The second-order valence-electron chi connectivity index (χ2n) is 5.99. The van der Waals surface area contributed by atoms with Gasteiger partial charge in [-0.2, -0.15) is 0 Å². The van der Waals surface area contributed by atoms with E-state index in [0.717, 1.165) is 17.6 Å². The first-order valence-electron chi connectivity index (χ1n) is 7.97. The van der Waals surface area contributed by atoms with Crippen LogP contribution in [-0.4, -0.2) is 7.11 Å². The zero-order valence-electron chi connectivity index (χ0n) is 12.5. The number of hydrogen-bond donors (Lipinski definition) is 0. The van der Waals surface area contributed by atoms with Crippen LogP contribution in [0.3, 0.4) is 0 Å². The van der Waals surface area contributed by atoms with Crippen molar-refractivity contribution in [3.05, 3.63) is 29.8 Å². The largest absolute Gasteiger partial charge is 0.497 e. The molecule has 1 saturated carbocycles. The average Bonchev–Trinajstić information content (AvgIpc) is 2.48. The van der Waals surface area contributed by atoms with Gasteiger partial charge >= 0.3 is 0 Å². The molecule has 0 aromatic heterocycles. The second-order valence-corrected chi connectivity index (χ2v) is 5.99. The van der Waals surface area contributed by atoms with Crippen LogP contribution >= 0.6 is 0 Å². The molecule has 2 rings (SSSR count). The number of hydrogen-bond acceptors (Lipinski definition) is 1. The van der Waals surface area contributed by atoms with Crippen molar-refractivity contribution in [1.82, 2.24) is 0 Å². The minimum atomic E-state index is 0.785. The zero-order valence-corrected chi connectivity index (χ0v) is 12.5. The fraction of sp³-hybridized carbons (Fsp3) is 0.667. The van der Waals surface area contributed by atoms with Gasteiger partial charge < -0.3 is 4.74 Å². The molecule has 106 valence electrons. The highest BCUT2D eigenvalue weighted by molar-refractivity contribution is 5.29. The highest BCUT2D eigenvalue weighted by Crippen LogP contribution is 2.38. The number of unbranched alkanes of at least 4 members (excludes halogenated alkanes) is 2. The molecule has 1 fully saturated rings. The highest BCUT2D eigenvalue weighted by Gasteiger charge is 2.21. The highest BCUT2D eigenvalue weighted by atomic mass is 16.5. The quantitative estimate of drug-likeness (QED) is 0.609. The molecule has 0 heterocycles. The van der Waals surface area contributed by atoms with Gasteiger partial charge in [0.1, 0.15) is 5.75 Å². The SMILES string of the molecule is CCCCC[C@H]1CC[C@H](c2ccc(OC)cc2)CC1. The molecule has 1 aliphatic rings. The van der Waals surface area contributed by atoms with E-state index in [0.29, 0.717) is 0 Å². The first-order valence-corrected chi connectivity index (χ1v) is 7.97. The molecule has 0 N–H and O–H groups in total. The van der Waals surface area contributed by atoms with Crippen molar-refractivity contribution in [2.24, 2.45) is 5.92 Å². The number of methoxy groups -OCH3 is 1. The van der Waals surface area contributed by atoms with Crippen molar-refractivity contribution in [3.63, 3.8) is 0 Å². The van der Waals surface area contributed by atoms with Gasteiger partial charge in [-0.15, -0.1) is 0 Å². The van der Waals surface area contributed by atoms with E-state index < -0.39 is 0 Å². The first-order chi connectivity index (χ1) is 9.33. The van der Waals surface area contributed by atoms with Crippen LogP contribution in [0, 0.1) is 5.92 Å². The lowest BCUT2D eigenvalue weighted by Gasteiger charge is -2.29.